The predicted molar refractivity (Wildman–Crippen MR) is 132 cm³/mol. The molecule has 1 saturated heterocycles. The second-order valence-corrected chi connectivity index (χ2v) is 9.52. The number of fused-ring (bicyclic) bond motifs is 1. The molecule has 172 valence electrons. The Bertz CT molecular complexity index is 1190. The van der Waals surface area contributed by atoms with Crippen LogP contribution in [0.1, 0.15) is 35.2 Å². The van der Waals surface area contributed by atoms with Gasteiger partial charge < -0.3 is 15.0 Å². The van der Waals surface area contributed by atoms with Crippen LogP contribution in [-0.4, -0.2) is 40.5 Å². The molecule has 8 heteroatoms. The maximum atomic E-state index is 13.2. The number of nitrogens with one attached hydrogen (secondary N) is 2. The van der Waals surface area contributed by atoms with Crippen LogP contribution in [0.25, 0.3) is 10.9 Å². The van der Waals surface area contributed by atoms with Gasteiger partial charge in [0.25, 0.3) is 5.91 Å². The Morgan fingerprint density at radius 1 is 1.15 bits per heavy atom. The minimum Gasteiger partial charge on any atom is -0.377 e. The van der Waals surface area contributed by atoms with Crippen molar-refractivity contribution in [2.75, 3.05) is 12.4 Å². The van der Waals surface area contributed by atoms with Crippen LogP contribution in [0.2, 0.25) is 5.02 Å². The maximum absolute atomic E-state index is 13.2. The number of carbonyl (C=O) groups is 2. The maximum Gasteiger partial charge on any atom is 0.251 e. The van der Waals surface area contributed by atoms with Crippen molar-refractivity contribution in [2.24, 2.45) is 0 Å². The second kappa shape index (κ2) is 11.0. The van der Waals surface area contributed by atoms with Crippen molar-refractivity contribution in [3.8, 4) is 0 Å². The minimum atomic E-state index is -0.799. The van der Waals surface area contributed by atoms with E-state index in [-0.39, 0.29) is 29.1 Å². The summed E-state index contributed by atoms with van der Waals surface area (Å²) >= 11 is 7.11. The standard InChI is InChI=1S/C25H25ClN2O4S/c26-18-10-8-16(9-11-18)24(30)28-22(25(31)33-15-19-5-3-4-12-32-19)13-17-14-23(29)27-21-7-2-1-6-20(17)21/h1-2,6-11,14,19,22H,3-5,12-13,15H2,(H,27,29)(H,28,30). The van der Waals surface area contributed by atoms with Crippen molar-refractivity contribution in [2.45, 2.75) is 37.8 Å². The number of hydrogen-bond donors (Lipinski definition) is 2. The van der Waals surface area contributed by atoms with Gasteiger partial charge in [-0.15, -0.1) is 0 Å². The lowest BCUT2D eigenvalue weighted by Gasteiger charge is -2.23. The van der Waals surface area contributed by atoms with Gasteiger partial charge in [-0.2, -0.15) is 0 Å². The number of halogens is 1. The number of para-hydroxylation sites is 1. The van der Waals surface area contributed by atoms with Gasteiger partial charge in [0.2, 0.25) is 10.7 Å². The van der Waals surface area contributed by atoms with E-state index in [1.807, 2.05) is 24.3 Å². The van der Waals surface area contributed by atoms with E-state index in [9.17, 15) is 14.4 Å². The molecule has 2 atom stereocenters. The van der Waals surface area contributed by atoms with Crippen LogP contribution in [0.15, 0.2) is 59.4 Å². The topological polar surface area (TPSA) is 88.3 Å². The van der Waals surface area contributed by atoms with E-state index >= 15 is 0 Å². The number of aromatic nitrogens is 1. The Labute approximate surface area is 201 Å². The molecule has 0 radical (unpaired) electrons. The Balaban J connectivity index is 1.56. The molecule has 4 rings (SSSR count). The largest absolute Gasteiger partial charge is 0.377 e. The van der Waals surface area contributed by atoms with Crippen molar-refractivity contribution in [1.29, 1.82) is 0 Å². The lowest BCUT2D eigenvalue weighted by molar-refractivity contribution is -0.112. The van der Waals surface area contributed by atoms with Crippen LogP contribution in [0.3, 0.4) is 0 Å². The molecule has 2 N–H and O–H groups in total. The van der Waals surface area contributed by atoms with Crippen molar-refractivity contribution in [1.82, 2.24) is 10.3 Å². The highest BCUT2D eigenvalue weighted by molar-refractivity contribution is 8.13. The summed E-state index contributed by atoms with van der Waals surface area (Å²) in [6.45, 7) is 0.717. The van der Waals surface area contributed by atoms with E-state index in [0.717, 1.165) is 31.3 Å². The quantitative estimate of drug-likeness (QED) is 0.520. The van der Waals surface area contributed by atoms with E-state index in [1.54, 1.807) is 24.3 Å². The number of rotatable bonds is 7. The number of aromatic amines is 1. The molecule has 1 aliphatic heterocycles. The fourth-order valence-corrected chi connectivity index (χ4v) is 5.00. The monoisotopic (exact) mass is 484 g/mol. The molecule has 1 fully saturated rings. The molecule has 0 spiro atoms. The summed E-state index contributed by atoms with van der Waals surface area (Å²) < 4.78 is 5.74. The van der Waals surface area contributed by atoms with Gasteiger partial charge in [0.05, 0.1) is 6.10 Å². The third kappa shape index (κ3) is 6.25. The van der Waals surface area contributed by atoms with Crippen LogP contribution in [-0.2, 0) is 16.0 Å². The molecular formula is C25H25ClN2O4S. The molecular weight excluding hydrogens is 460 g/mol. The number of thioether (sulfide) groups is 1. The first-order valence-corrected chi connectivity index (χ1v) is 12.3. The van der Waals surface area contributed by atoms with Crippen molar-refractivity contribution < 1.29 is 14.3 Å². The van der Waals surface area contributed by atoms with E-state index in [4.69, 9.17) is 16.3 Å². The van der Waals surface area contributed by atoms with Gasteiger partial charge in [-0.3, -0.25) is 14.4 Å². The summed E-state index contributed by atoms with van der Waals surface area (Å²) in [5.41, 5.74) is 1.56. The van der Waals surface area contributed by atoms with Crippen molar-refractivity contribution in [3.05, 3.63) is 81.1 Å². The highest BCUT2D eigenvalue weighted by atomic mass is 35.5. The van der Waals surface area contributed by atoms with Crippen LogP contribution < -0.4 is 10.9 Å². The summed E-state index contributed by atoms with van der Waals surface area (Å²) in [6.07, 6.45) is 3.32. The lowest BCUT2D eigenvalue weighted by Crippen LogP contribution is -2.42. The first-order valence-electron chi connectivity index (χ1n) is 11.0. The zero-order valence-electron chi connectivity index (χ0n) is 18.0. The second-order valence-electron chi connectivity index (χ2n) is 8.06. The average Bonchev–Trinajstić information content (AvgIpc) is 2.83. The van der Waals surface area contributed by atoms with Gasteiger partial charge >= 0.3 is 0 Å². The molecule has 33 heavy (non-hydrogen) atoms. The Morgan fingerprint density at radius 3 is 2.70 bits per heavy atom. The summed E-state index contributed by atoms with van der Waals surface area (Å²) in [7, 11) is 0. The fourth-order valence-electron chi connectivity index (χ4n) is 3.92. The van der Waals surface area contributed by atoms with E-state index in [0.29, 0.717) is 27.4 Å². The summed E-state index contributed by atoms with van der Waals surface area (Å²) in [5.74, 6) is 0.177. The van der Waals surface area contributed by atoms with Crippen molar-refractivity contribution >= 4 is 45.3 Å². The molecule has 0 saturated carbocycles. The molecule has 3 aromatic rings. The van der Waals surface area contributed by atoms with Gasteiger partial charge in [-0.05, 0) is 55.2 Å². The summed E-state index contributed by atoms with van der Waals surface area (Å²) in [5, 5.41) is 4.08. The van der Waals surface area contributed by atoms with Gasteiger partial charge in [0, 0.05) is 46.3 Å². The number of ether oxygens (including phenoxy) is 1. The third-order valence-corrected chi connectivity index (χ3v) is 7.00. The van der Waals surface area contributed by atoms with Crippen LogP contribution in [0, 0.1) is 0 Å². The summed E-state index contributed by atoms with van der Waals surface area (Å²) in [6, 6.07) is 14.6. The first-order chi connectivity index (χ1) is 16.0. The fraction of sp³-hybridized carbons (Fsp3) is 0.320. The molecule has 0 aliphatic carbocycles. The highest BCUT2D eigenvalue weighted by Gasteiger charge is 2.25. The van der Waals surface area contributed by atoms with Crippen molar-refractivity contribution in [3.63, 3.8) is 0 Å². The Hall–Kier alpha value is -2.61. The molecule has 1 aliphatic rings. The molecule has 2 unspecified atom stereocenters. The normalized spacial score (nSPS) is 16.9. The molecule has 2 heterocycles. The van der Waals surface area contributed by atoms with E-state index < -0.39 is 6.04 Å². The Morgan fingerprint density at radius 2 is 1.94 bits per heavy atom. The molecule has 0 bridgehead atoms. The molecule has 1 amide bonds. The lowest BCUT2D eigenvalue weighted by atomic mass is 10.0. The minimum absolute atomic E-state index is 0.0423. The van der Waals surface area contributed by atoms with Crippen LogP contribution >= 0.6 is 23.4 Å². The zero-order chi connectivity index (χ0) is 23.2. The number of amides is 1. The molecule has 2 aromatic carbocycles. The SMILES string of the molecule is O=C(NC(Cc1cc(=O)[nH]c2ccccc12)C(=O)SCC1CCCCO1)c1ccc(Cl)cc1. The number of benzene rings is 2. The van der Waals surface area contributed by atoms with Gasteiger partial charge in [0.15, 0.2) is 0 Å². The Kier molecular flexibility index (Phi) is 7.85. The molecule has 6 nitrogen and oxygen atoms in total. The van der Waals surface area contributed by atoms with Crippen LogP contribution in [0.4, 0.5) is 0 Å². The number of carbonyl (C=O) groups excluding carboxylic acids is 2. The van der Waals surface area contributed by atoms with E-state index in [2.05, 4.69) is 10.3 Å². The average molecular weight is 485 g/mol. The third-order valence-electron chi connectivity index (χ3n) is 5.64. The molecule has 1 aromatic heterocycles. The van der Waals surface area contributed by atoms with Gasteiger partial charge in [-0.1, -0.05) is 41.6 Å². The summed E-state index contributed by atoms with van der Waals surface area (Å²) in [4.78, 5) is 41.1. The zero-order valence-corrected chi connectivity index (χ0v) is 19.6. The number of H-pyrrole nitrogens is 1. The van der Waals surface area contributed by atoms with Crippen LogP contribution in [0.5, 0.6) is 0 Å². The predicted octanol–water partition coefficient (Wildman–Crippen LogP) is 4.35. The number of hydrogen-bond acceptors (Lipinski definition) is 5. The number of pyridine rings is 1. The highest BCUT2D eigenvalue weighted by Crippen LogP contribution is 2.22. The van der Waals surface area contributed by atoms with Gasteiger partial charge in [-0.25, -0.2) is 0 Å². The first kappa shape index (κ1) is 23.5. The van der Waals surface area contributed by atoms with E-state index in [1.165, 1.54) is 17.8 Å². The van der Waals surface area contributed by atoms with Gasteiger partial charge in [0.1, 0.15) is 6.04 Å². The smallest absolute Gasteiger partial charge is 0.251 e.